The van der Waals surface area contributed by atoms with Crippen molar-refractivity contribution in [1.29, 1.82) is 5.26 Å². The van der Waals surface area contributed by atoms with Gasteiger partial charge in [0.05, 0.1) is 29.6 Å². The van der Waals surface area contributed by atoms with Crippen LogP contribution in [0.15, 0.2) is 84.3 Å². The van der Waals surface area contributed by atoms with Gasteiger partial charge in [0.1, 0.15) is 0 Å². The van der Waals surface area contributed by atoms with Gasteiger partial charge < -0.3 is 0 Å². The van der Waals surface area contributed by atoms with E-state index in [9.17, 15) is 8.42 Å². The van der Waals surface area contributed by atoms with Crippen LogP contribution in [0.3, 0.4) is 0 Å². The third kappa shape index (κ3) is 3.46. The van der Waals surface area contributed by atoms with Crippen LogP contribution in [0.25, 0.3) is 10.8 Å². The molecule has 0 saturated carbocycles. The average Bonchev–Trinajstić information content (AvgIpc) is 2.66. The van der Waals surface area contributed by atoms with Gasteiger partial charge >= 0.3 is 0 Å². The highest BCUT2D eigenvalue weighted by atomic mass is 32.2. The predicted octanol–water partition coefficient (Wildman–Crippen LogP) is 4.29. The van der Waals surface area contributed by atoms with Crippen LogP contribution in [0.2, 0.25) is 0 Å². The van der Waals surface area contributed by atoms with Crippen molar-refractivity contribution < 1.29 is 8.42 Å². The van der Waals surface area contributed by atoms with E-state index in [4.69, 9.17) is 5.26 Å². The highest BCUT2D eigenvalue weighted by molar-refractivity contribution is 7.92. The van der Waals surface area contributed by atoms with Crippen molar-refractivity contribution in [3.63, 3.8) is 0 Å². The molecule has 0 aliphatic rings. The fourth-order valence-electron chi connectivity index (χ4n) is 2.79. The average molecular weight is 362 g/mol. The first kappa shape index (κ1) is 17.7. The minimum atomic E-state index is -3.74. The highest BCUT2D eigenvalue weighted by Crippen LogP contribution is 2.26. The number of hydrogen-bond acceptors (Lipinski definition) is 3. The molecule has 5 heteroatoms. The summed E-state index contributed by atoms with van der Waals surface area (Å²) < 4.78 is 27.7. The van der Waals surface area contributed by atoms with Crippen molar-refractivity contribution in [2.24, 2.45) is 0 Å². The summed E-state index contributed by atoms with van der Waals surface area (Å²) in [7, 11) is -3.74. The van der Waals surface area contributed by atoms with Crippen LogP contribution in [0, 0.1) is 11.3 Å². The molecule has 0 saturated heterocycles. The van der Waals surface area contributed by atoms with Gasteiger partial charge in [-0.05, 0) is 40.6 Å². The monoisotopic (exact) mass is 362 g/mol. The van der Waals surface area contributed by atoms with Crippen LogP contribution in [-0.2, 0) is 16.4 Å². The summed E-state index contributed by atoms with van der Waals surface area (Å²) in [4.78, 5) is 0.235. The molecule has 0 bridgehead atoms. The molecule has 0 unspecified atom stereocenters. The number of nitriles is 1. The van der Waals surface area contributed by atoms with Gasteiger partial charge in [-0.3, -0.25) is 4.31 Å². The van der Waals surface area contributed by atoms with Gasteiger partial charge in [0.2, 0.25) is 0 Å². The third-order valence-electron chi connectivity index (χ3n) is 4.11. The number of anilines is 1. The van der Waals surface area contributed by atoms with Gasteiger partial charge in [-0.25, -0.2) is 8.42 Å². The molecule has 130 valence electrons. The Morgan fingerprint density at radius 3 is 2.35 bits per heavy atom. The Morgan fingerprint density at radius 2 is 1.69 bits per heavy atom. The number of sulfonamides is 1. The summed E-state index contributed by atoms with van der Waals surface area (Å²) in [5, 5.41) is 10.6. The van der Waals surface area contributed by atoms with Crippen molar-refractivity contribution in [3.05, 3.63) is 84.9 Å². The summed E-state index contributed by atoms with van der Waals surface area (Å²) in [6.45, 7) is 3.84. The van der Waals surface area contributed by atoms with Crippen LogP contribution in [0.1, 0.15) is 5.56 Å². The molecule has 0 radical (unpaired) electrons. The molecule has 0 aromatic heterocycles. The van der Waals surface area contributed by atoms with Crippen molar-refractivity contribution >= 4 is 26.5 Å². The lowest BCUT2D eigenvalue weighted by Gasteiger charge is -2.23. The normalized spacial score (nSPS) is 11.0. The standard InChI is InChI=1S/C21H18N2O2S/c1-2-15-23(20-10-7-17(8-11-20)13-14-22)26(24,25)21-12-9-18-5-3-4-6-19(18)16-21/h2-12,16H,1,13,15H2. The summed E-state index contributed by atoms with van der Waals surface area (Å²) in [6.07, 6.45) is 1.85. The second-order valence-corrected chi connectivity index (χ2v) is 7.70. The molecule has 0 heterocycles. The summed E-state index contributed by atoms with van der Waals surface area (Å²) in [6, 6.07) is 21.8. The first-order valence-corrected chi connectivity index (χ1v) is 9.58. The Kier molecular flexibility index (Phi) is 5.06. The van der Waals surface area contributed by atoms with Crippen LogP contribution in [-0.4, -0.2) is 15.0 Å². The molecule has 26 heavy (non-hydrogen) atoms. The first-order valence-electron chi connectivity index (χ1n) is 8.14. The fraction of sp³-hybridized carbons (Fsp3) is 0.0952. The summed E-state index contributed by atoms with van der Waals surface area (Å²) in [5.74, 6) is 0. The minimum absolute atomic E-state index is 0.159. The van der Waals surface area contributed by atoms with E-state index < -0.39 is 10.0 Å². The predicted molar refractivity (Wildman–Crippen MR) is 104 cm³/mol. The molecule has 0 fully saturated rings. The lowest BCUT2D eigenvalue weighted by Crippen LogP contribution is -2.31. The Hall–Kier alpha value is -3.10. The zero-order valence-corrected chi connectivity index (χ0v) is 15.0. The molecule has 0 amide bonds. The molecule has 0 N–H and O–H groups in total. The van der Waals surface area contributed by atoms with Crippen LogP contribution < -0.4 is 4.31 Å². The second kappa shape index (κ2) is 7.42. The van der Waals surface area contributed by atoms with Crippen LogP contribution >= 0.6 is 0 Å². The fourth-order valence-corrected chi connectivity index (χ4v) is 4.26. The molecule has 0 spiro atoms. The molecule has 0 aliphatic carbocycles. The summed E-state index contributed by atoms with van der Waals surface area (Å²) >= 11 is 0. The zero-order valence-electron chi connectivity index (χ0n) is 14.2. The summed E-state index contributed by atoms with van der Waals surface area (Å²) in [5.41, 5.74) is 1.39. The van der Waals surface area contributed by atoms with E-state index in [0.29, 0.717) is 12.1 Å². The number of rotatable bonds is 6. The third-order valence-corrected chi connectivity index (χ3v) is 5.90. The van der Waals surface area contributed by atoms with Gasteiger partial charge in [0.15, 0.2) is 0 Å². The van der Waals surface area contributed by atoms with Gasteiger partial charge in [-0.15, -0.1) is 6.58 Å². The van der Waals surface area contributed by atoms with Gasteiger partial charge in [-0.1, -0.05) is 48.5 Å². The van der Waals surface area contributed by atoms with E-state index in [1.807, 2.05) is 30.3 Å². The maximum Gasteiger partial charge on any atom is 0.264 e. The number of benzene rings is 3. The maximum atomic E-state index is 13.2. The topological polar surface area (TPSA) is 61.2 Å². The first-order chi connectivity index (χ1) is 12.6. The number of hydrogen-bond donors (Lipinski definition) is 0. The Bertz CT molecular complexity index is 1080. The molecular weight excluding hydrogens is 344 g/mol. The Morgan fingerprint density at radius 1 is 1.00 bits per heavy atom. The quantitative estimate of drug-likeness (QED) is 0.615. The molecule has 3 aromatic rings. The van der Waals surface area contributed by atoms with E-state index in [-0.39, 0.29) is 11.4 Å². The Labute approximate surface area is 153 Å². The van der Waals surface area contributed by atoms with Crippen LogP contribution in [0.5, 0.6) is 0 Å². The molecular formula is C21H18N2O2S. The van der Waals surface area contributed by atoms with Crippen molar-refractivity contribution in [2.75, 3.05) is 10.8 Å². The Balaban J connectivity index is 2.04. The van der Waals surface area contributed by atoms with Gasteiger partial charge in [0.25, 0.3) is 10.0 Å². The lowest BCUT2D eigenvalue weighted by molar-refractivity contribution is 0.593. The molecule has 3 rings (SSSR count). The largest absolute Gasteiger partial charge is 0.264 e. The lowest BCUT2D eigenvalue weighted by atomic mass is 10.1. The van der Waals surface area contributed by atoms with Crippen molar-refractivity contribution in [2.45, 2.75) is 11.3 Å². The smallest absolute Gasteiger partial charge is 0.263 e. The van der Waals surface area contributed by atoms with Crippen molar-refractivity contribution in [1.82, 2.24) is 0 Å². The second-order valence-electron chi connectivity index (χ2n) is 5.84. The molecule has 0 aliphatic heterocycles. The molecule has 0 atom stereocenters. The number of fused-ring (bicyclic) bond motifs is 1. The van der Waals surface area contributed by atoms with Gasteiger partial charge in [-0.2, -0.15) is 5.26 Å². The van der Waals surface area contributed by atoms with E-state index in [2.05, 4.69) is 12.6 Å². The van der Waals surface area contributed by atoms with E-state index in [1.54, 1.807) is 42.5 Å². The van der Waals surface area contributed by atoms with Gasteiger partial charge in [0, 0.05) is 0 Å². The minimum Gasteiger partial charge on any atom is -0.263 e. The SMILES string of the molecule is C=CCN(c1ccc(CC#N)cc1)S(=O)(=O)c1ccc2ccccc2c1. The van der Waals surface area contributed by atoms with E-state index in [1.165, 1.54) is 4.31 Å². The van der Waals surface area contributed by atoms with E-state index in [0.717, 1.165) is 16.3 Å². The zero-order chi connectivity index (χ0) is 18.6. The van der Waals surface area contributed by atoms with E-state index >= 15 is 0 Å². The van der Waals surface area contributed by atoms with Crippen molar-refractivity contribution in [3.8, 4) is 6.07 Å². The number of nitrogens with zero attached hydrogens (tertiary/aromatic N) is 2. The maximum absolute atomic E-state index is 13.2. The highest BCUT2D eigenvalue weighted by Gasteiger charge is 2.24. The molecule has 4 nitrogen and oxygen atoms in total. The molecule has 3 aromatic carbocycles. The van der Waals surface area contributed by atoms with Crippen LogP contribution in [0.4, 0.5) is 5.69 Å².